The lowest BCUT2D eigenvalue weighted by atomic mass is 10.2. The van der Waals surface area contributed by atoms with Crippen molar-refractivity contribution in [1.82, 2.24) is 4.90 Å². The molecule has 0 amide bonds. The summed E-state index contributed by atoms with van der Waals surface area (Å²) in [6.07, 6.45) is -0.878. The Bertz CT molecular complexity index is 150. The zero-order valence-corrected chi connectivity index (χ0v) is 7.27. The van der Waals surface area contributed by atoms with Gasteiger partial charge >= 0.3 is 5.97 Å². The predicted octanol–water partition coefficient (Wildman–Crippen LogP) is -1.26. The Balaban J connectivity index is 3.86. The number of carboxylic acids is 1. The number of hydrogen-bond donors (Lipinski definition) is 3. The lowest BCUT2D eigenvalue weighted by molar-refractivity contribution is -0.142. The summed E-state index contributed by atoms with van der Waals surface area (Å²) < 4.78 is 0. The third-order valence-electron chi connectivity index (χ3n) is 1.73. The molecule has 3 N–H and O–H groups in total. The van der Waals surface area contributed by atoms with Gasteiger partial charge in [0, 0.05) is 6.54 Å². The van der Waals surface area contributed by atoms with Crippen LogP contribution < -0.4 is 0 Å². The highest BCUT2D eigenvalue weighted by Gasteiger charge is 2.18. The van der Waals surface area contributed by atoms with Gasteiger partial charge in [0.1, 0.15) is 6.04 Å². The fourth-order valence-electron chi connectivity index (χ4n) is 0.737. The molecular weight excluding hydrogens is 162 g/mol. The van der Waals surface area contributed by atoms with Crippen molar-refractivity contribution in [3.05, 3.63) is 0 Å². The number of rotatable bonds is 5. The molecule has 0 rings (SSSR count). The minimum absolute atomic E-state index is 0.157. The van der Waals surface area contributed by atoms with Gasteiger partial charge in [-0.25, -0.2) is 0 Å². The predicted molar refractivity (Wildman–Crippen MR) is 42.8 cm³/mol. The van der Waals surface area contributed by atoms with E-state index in [0.29, 0.717) is 0 Å². The van der Waals surface area contributed by atoms with Gasteiger partial charge in [0.2, 0.25) is 0 Å². The normalized spacial score (nSPS) is 16.1. The molecule has 0 radical (unpaired) electrons. The van der Waals surface area contributed by atoms with Crippen molar-refractivity contribution < 1.29 is 20.1 Å². The summed E-state index contributed by atoms with van der Waals surface area (Å²) in [5, 5.41) is 26.0. The van der Waals surface area contributed by atoms with Gasteiger partial charge in [-0.2, -0.15) is 0 Å². The van der Waals surface area contributed by atoms with E-state index in [1.807, 2.05) is 0 Å². The van der Waals surface area contributed by atoms with Gasteiger partial charge in [0.15, 0.2) is 0 Å². The highest BCUT2D eigenvalue weighted by Crippen LogP contribution is 1.96. The van der Waals surface area contributed by atoms with Crippen molar-refractivity contribution in [3.8, 4) is 0 Å². The van der Waals surface area contributed by atoms with Crippen LogP contribution >= 0.6 is 0 Å². The summed E-state index contributed by atoms with van der Waals surface area (Å²) in [7, 11) is 1.58. The molecule has 72 valence electrons. The number of aliphatic hydroxyl groups excluding tert-OH is 2. The van der Waals surface area contributed by atoms with Gasteiger partial charge in [-0.15, -0.1) is 0 Å². The Kier molecular flexibility index (Phi) is 4.80. The highest BCUT2D eigenvalue weighted by atomic mass is 16.4. The van der Waals surface area contributed by atoms with E-state index in [-0.39, 0.29) is 13.2 Å². The molecule has 0 aromatic heterocycles. The standard InChI is InChI=1S/C7H15NO4/c1-5(7(11)12)8(2)3-6(10)4-9/h5-6,9-10H,3-4H2,1-2H3,(H,11,12). The molecule has 0 bridgehead atoms. The fourth-order valence-corrected chi connectivity index (χ4v) is 0.737. The highest BCUT2D eigenvalue weighted by molar-refractivity contribution is 5.72. The second kappa shape index (κ2) is 5.08. The van der Waals surface area contributed by atoms with Gasteiger partial charge in [0.25, 0.3) is 0 Å². The summed E-state index contributed by atoms with van der Waals surface area (Å²) in [5.74, 6) is -0.942. The van der Waals surface area contributed by atoms with Crippen LogP contribution in [0.25, 0.3) is 0 Å². The molecule has 5 heteroatoms. The first-order valence-electron chi connectivity index (χ1n) is 3.71. The van der Waals surface area contributed by atoms with E-state index in [9.17, 15) is 4.79 Å². The van der Waals surface area contributed by atoms with E-state index >= 15 is 0 Å². The van der Waals surface area contributed by atoms with E-state index in [2.05, 4.69) is 0 Å². The molecule has 0 aromatic carbocycles. The van der Waals surface area contributed by atoms with Crippen molar-refractivity contribution in [2.45, 2.75) is 19.1 Å². The summed E-state index contributed by atoms with van der Waals surface area (Å²) in [6, 6.07) is -0.647. The molecule has 0 aliphatic carbocycles. The Morgan fingerprint density at radius 2 is 2.08 bits per heavy atom. The van der Waals surface area contributed by atoms with Crippen LogP contribution in [-0.2, 0) is 4.79 Å². The van der Waals surface area contributed by atoms with Crippen molar-refractivity contribution in [2.24, 2.45) is 0 Å². The maximum atomic E-state index is 10.4. The summed E-state index contributed by atoms with van der Waals surface area (Å²) >= 11 is 0. The van der Waals surface area contributed by atoms with Crippen molar-refractivity contribution in [3.63, 3.8) is 0 Å². The van der Waals surface area contributed by atoms with Crippen molar-refractivity contribution >= 4 is 5.97 Å². The molecule has 0 saturated carbocycles. The third-order valence-corrected chi connectivity index (χ3v) is 1.73. The first-order chi connectivity index (χ1) is 5.49. The Morgan fingerprint density at radius 1 is 1.58 bits per heavy atom. The van der Waals surface area contributed by atoms with Crippen LogP contribution in [0.1, 0.15) is 6.92 Å². The van der Waals surface area contributed by atoms with Gasteiger partial charge in [-0.1, -0.05) is 0 Å². The number of carbonyl (C=O) groups is 1. The second-order valence-corrected chi connectivity index (χ2v) is 2.79. The van der Waals surface area contributed by atoms with E-state index in [4.69, 9.17) is 15.3 Å². The molecular formula is C7H15NO4. The Hall–Kier alpha value is -0.650. The average Bonchev–Trinajstić information content (AvgIpc) is 2.02. The lowest BCUT2D eigenvalue weighted by Crippen LogP contribution is -2.41. The van der Waals surface area contributed by atoms with Crippen molar-refractivity contribution in [2.75, 3.05) is 20.2 Å². The van der Waals surface area contributed by atoms with Gasteiger partial charge < -0.3 is 15.3 Å². The average molecular weight is 177 g/mol. The maximum Gasteiger partial charge on any atom is 0.320 e. The zero-order chi connectivity index (χ0) is 9.72. The molecule has 5 nitrogen and oxygen atoms in total. The summed E-state index contributed by atoms with van der Waals surface area (Å²) in [5.41, 5.74) is 0. The zero-order valence-electron chi connectivity index (χ0n) is 7.27. The van der Waals surface area contributed by atoms with Crippen molar-refractivity contribution in [1.29, 1.82) is 0 Å². The molecule has 0 fully saturated rings. The Labute approximate surface area is 71.2 Å². The van der Waals surface area contributed by atoms with Crippen LogP contribution in [0.5, 0.6) is 0 Å². The SMILES string of the molecule is CC(C(=O)O)N(C)CC(O)CO. The fraction of sp³-hybridized carbons (Fsp3) is 0.857. The van der Waals surface area contributed by atoms with Crippen LogP contribution in [0, 0.1) is 0 Å². The summed E-state index contributed by atoms with van der Waals surface area (Å²) in [6.45, 7) is 1.33. The van der Waals surface area contributed by atoms with Crippen LogP contribution in [0.4, 0.5) is 0 Å². The Morgan fingerprint density at radius 3 is 2.42 bits per heavy atom. The van der Waals surface area contributed by atoms with Crippen LogP contribution in [-0.4, -0.2) is 58.5 Å². The minimum Gasteiger partial charge on any atom is -0.480 e. The molecule has 12 heavy (non-hydrogen) atoms. The quantitative estimate of drug-likeness (QED) is 0.488. The first-order valence-corrected chi connectivity index (χ1v) is 3.71. The molecule has 0 aliphatic heterocycles. The molecule has 0 heterocycles. The van der Waals surface area contributed by atoms with E-state index < -0.39 is 18.1 Å². The molecule has 0 saturated heterocycles. The van der Waals surface area contributed by atoms with Crippen LogP contribution in [0.2, 0.25) is 0 Å². The van der Waals surface area contributed by atoms with Gasteiger partial charge in [-0.3, -0.25) is 9.69 Å². The molecule has 2 atom stereocenters. The molecule has 0 aromatic rings. The smallest absolute Gasteiger partial charge is 0.320 e. The lowest BCUT2D eigenvalue weighted by Gasteiger charge is -2.22. The monoisotopic (exact) mass is 177 g/mol. The topological polar surface area (TPSA) is 81.0 Å². The number of likely N-dealkylation sites (N-methyl/N-ethyl adjacent to an activating group) is 1. The molecule has 0 spiro atoms. The first kappa shape index (κ1) is 11.4. The number of hydrogen-bond acceptors (Lipinski definition) is 4. The number of aliphatic hydroxyl groups is 2. The maximum absolute atomic E-state index is 10.4. The van der Waals surface area contributed by atoms with Crippen LogP contribution in [0.3, 0.4) is 0 Å². The largest absolute Gasteiger partial charge is 0.480 e. The van der Waals surface area contributed by atoms with E-state index in [1.165, 1.54) is 11.8 Å². The summed E-state index contributed by atoms with van der Waals surface area (Å²) in [4.78, 5) is 11.9. The number of nitrogens with zero attached hydrogens (tertiary/aromatic N) is 1. The van der Waals surface area contributed by atoms with Crippen LogP contribution in [0.15, 0.2) is 0 Å². The number of aliphatic carboxylic acids is 1. The van der Waals surface area contributed by atoms with Gasteiger partial charge in [0.05, 0.1) is 12.7 Å². The molecule has 2 unspecified atom stereocenters. The number of carboxylic acid groups (broad SMARTS) is 1. The second-order valence-electron chi connectivity index (χ2n) is 2.79. The van der Waals surface area contributed by atoms with Gasteiger partial charge in [-0.05, 0) is 14.0 Å². The minimum atomic E-state index is -0.942. The van der Waals surface area contributed by atoms with E-state index in [1.54, 1.807) is 7.05 Å². The third kappa shape index (κ3) is 3.66. The molecule has 0 aliphatic rings. The van der Waals surface area contributed by atoms with E-state index in [0.717, 1.165) is 0 Å².